The Morgan fingerprint density at radius 3 is 1.74 bits per heavy atom. The van der Waals surface area contributed by atoms with Gasteiger partial charge < -0.3 is 4.74 Å². The van der Waals surface area contributed by atoms with Gasteiger partial charge in [-0.25, -0.2) is 0 Å². The molecule has 0 aromatic heterocycles. The monoisotopic (exact) mass is 474 g/mol. The number of unbranched alkanes of at least 4 members (excludes halogenated alkanes) is 1. The first kappa shape index (κ1) is 27.4. The minimum Gasteiger partial charge on any atom is -0.374 e. The Morgan fingerprint density at radius 2 is 1.29 bits per heavy atom. The number of hydrogen-bond donors (Lipinski definition) is 0. The van der Waals surface area contributed by atoms with E-state index in [-0.39, 0.29) is 12.0 Å². The summed E-state index contributed by atoms with van der Waals surface area (Å²) in [5.74, 6) is -27.9. The van der Waals surface area contributed by atoms with E-state index in [0.29, 0.717) is 18.4 Å². The third-order valence-electron chi connectivity index (χ3n) is 5.00. The number of aryl methyl sites for hydroxylation is 1. The van der Waals surface area contributed by atoms with E-state index in [1.54, 1.807) is 6.92 Å². The highest BCUT2D eigenvalue weighted by Gasteiger charge is 2.87. The van der Waals surface area contributed by atoms with Crippen LogP contribution in [0.3, 0.4) is 0 Å². The van der Waals surface area contributed by atoms with Gasteiger partial charge in [0.15, 0.2) is 0 Å². The van der Waals surface area contributed by atoms with Crippen molar-refractivity contribution in [2.24, 2.45) is 0 Å². The van der Waals surface area contributed by atoms with Crippen LogP contribution in [0.1, 0.15) is 44.2 Å². The molecule has 0 heterocycles. The molecule has 0 saturated carbocycles. The maximum absolute atomic E-state index is 14.4. The zero-order valence-electron chi connectivity index (χ0n) is 16.7. The number of ether oxygens (including phenoxy) is 1. The van der Waals surface area contributed by atoms with Gasteiger partial charge in [0, 0.05) is 7.11 Å². The summed E-state index contributed by atoms with van der Waals surface area (Å²) in [4.78, 5) is 0. The molecule has 0 saturated heterocycles. The largest absolute Gasteiger partial charge is 0.460 e. The predicted molar refractivity (Wildman–Crippen MR) is 89.9 cm³/mol. The molecule has 0 aliphatic rings. The fourth-order valence-corrected chi connectivity index (χ4v) is 3.04. The summed E-state index contributed by atoms with van der Waals surface area (Å²) in [5.41, 5.74) is -2.16. The molecule has 1 unspecified atom stereocenters. The molecule has 1 rings (SSSR count). The standard InChI is InChI=1S/C19H21F11O/c1-4-5-8-12-9-6-7-10-13(12)14(2,31-3)11-15(20,21)16(22,23)17(24,25)18(26,27)19(28,29)30/h6-7,9-10H,4-5,8,11H2,1-3H3. The van der Waals surface area contributed by atoms with Crippen LogP contribution in [0.5, 0.6) is 0 Å². The fourth-order valence-electron chi connectivity index (χ4n) is 3.04. The summed E-state index contributed by atoms with van der Waals surface area (Å²) in [7, 11) is 0.799. The average Bonchev–Trinajstić information content (AvgIpc) is 2.64. The molecule has 1 aromatic carbocycles. The van der Waals surface area contributed by atoms with E-state index in [4.69, 9.17) is 4.74 Å². The number of halogens is 11. The topological polar surface area (TPSA) is 9.23 Å². The molecule has 0 spiro atoms. The summed E-state index contributed by atoms with van der Waals surface area (Å²) >= 11 is 0. The van der Waals surface area contributed by atoms with Crippen LogP contribution < -0.4 is 0 Å². The van der Waals surface area contributed by atoms with E-state index in [0.717, 1.165) is 14.0 Å². The van der Waals surface area contributed by atoms with Crippen LogP contribution >= 0.6 is 0 Å². The van der Waals surface area contributed by atoms with Gasteiger partial charge in [0.1, 0.15) is 0 Å². The van der Waals surface area contributed by atoms with Gasteiger partial charge in [-0.05, 0) is 30.9 Å². The summed E-state index contributed by atoms with van der Waals surface area (Å²) in [5, 5.41) is 0. The second kappa shape index (κ2) is 8.74. The molecule has 1 nitrogen and oxygen atoms in total. The Hall–Kier alpha value is -1.59. The van der Waals surface area contributed by atoms with Crippen molar-refractivity contribution in [3.63, 3.8) is 0 Å². The summed E-state index contributed by atoms with van der Waals surface area (Å²) in [6, 6.07) is 5.47. The molecule has 0 bridgehead atoms. The van der Waals surface area contributed by atoms with Gasteiger partial charge in [-0.15, -0.1) is 0 Å². The molecule has 31 heavy (non-hydrogen) atoms. The maximum Gasteiger partial charge on any atom is 0.460 e. The number of hydrogen-bond acceptors (Lipinski definition) is 1. The molecular weight excluding hydrogens is 453 g/mol. The first-order valence-electron chi connectivity index (χ1n) is 9.04. The SMILES string of the molecule is CCCCc1ccccc1C(C)(CC(F)(F)C(F)(F)C(F)(F)C(F)(F)C(F)(F)F)OC. The van der Waals surface area contributed by atoms with Gasteiger partial charge in [-0.2, -0.15) is 48.3 Å². The second-order valence-electron chi connectivity index (χ2n) is 7.30. The Kier molecular flexibility index (Phi) is 7.74. The predicted octanol–water partition coefficient (Wildman–Crippen LogP) is 7.38. The lowest BCUT2D eigenvalue weighted by Crippen LogP contribution is -2.67. The first-order valence-corrected chi connectivity index (χ1v) is 9.04. The van der Waals surface area contributed by atoms with Crippen molar-refractivity contribution in [3.05, 3.63) is 35.4 Å². The Balaban J connectivity index is 3.47. The van der Waals surface area contributed by atoms with E-state index < -0.39 is 41.9 Å². The van der Waals surface area contributed by atoms with Crippen LogP contribution in [0, 0.1) is 0 Å². The minimum atomic E-state index is -7.43. The number of rotatable bonds is 10. The Bertz CT molecular complexity index is 743. The van der Waals surface area contributed by atoms with Gasteiger partial charge in [-0.3, -0.25) is 0 Å². The second-order valence-corrected chi connectivity index (χ2v) is 7.30. The normalized spacial score (nSPS) is 16.3. The molecule has 180 valence electrons. The van der Waals surface area contributed by atoms with Crippen molar-refractivity contribution < 1.29 is 53.0 Å². The Morgan fingerprint density at radius 1 is 0.774 bits per heavy atom. The van der Waals surface area contributed by atoms with Crippen molar-refractivity contribution in [2.75, 3.05) is 7.11 Å². The van der Waals surface area contributed by atoms with Crippen LogP contribution in [0.2, 0.25) is 0 Å². The Labute approximate surface area is 171 Å². The molecule has 1 atom stereocenters. The quantitative estimate of drug-likeness (QED) is 0.322. The number of alkyl halides is 11. The van der Waals surface area contributed by atoms with Crippen LogP contribution in [-0.4, -0.2) is 37.0 Å². The zero-order valence-corrected chi connectivity index (χ0v) is 16.7. The van der Waals surface area contributed by atoms with Crippen molar-refractivity contribution in [1.29, 1.82) is 0 Å². The summed E-state index contributed by atoms with van der Waals surface area (Å²) < 4.78 is 151. The average molecular weight is 474 g/mol. The lowest BCUT2D eigenvalue weighted by molar-refractivity contribution is -0.424. The molecular formula is C19H21F11O. The van der Waals surface area contributed by atoms with Gasteiger partial charge in [0.05, 0.1) is 12.0 Å². The molecule has 0 fully saturated rings. The number of methoxy groups -OCH3 is 1. The first-order chi connectivity index (χ1) is 13.8. The van der Waals surface area contributed by atoms with Crippen LogP contribution in [0.25, 0.3) is 0 Å². The van der Waals surface area contributed by atoms with Crippen LogP contribution in [0.15, 0.2) is 24.3 Å². The summed E-state index contributed by atoms with van der Waals surface area (Å²) in [6.45, 7) is 2.64. The maximum atomic E-state index is 14.4. The molecule has 0 radical (unpaired) electrons. The third kappa shape index (κ3) is 4.78. The van der Waals surface area contributed by atoms with Crippen molar-refractivity contribution in [1.82, 2.24) is 0 Å². The van der Waals surface area contributed by atoms with Crippen LogP contribution in [-0.2, 0) is 16.8 Å². The highest BCUT2D eigenvalue weighted by Crippen LogP contribution is 2.59. The van der Waals surface area contributed by atoms with E-state index in [1.165, 1.54) is 24.3 Å². The third-order valence-corrected chi connectivity index (χ3v) is 5.00. The molecule has 0 aliphatic heterocycles. The molecule has 0 amide bonds. The minimum absolute atomic E-state index is 0.104. The van der Waals surface area contributed by atoms with Crippen molar-refractivity contribution in [3.8, 4) is 0 Å². The van der Waals surface area contributed by atoms with Crippen molar-refractivity contribution >= 4 is 0 Å². The summed E-state index contributed by atoms with van der Waals surface area (Å²) in [6.07, 6.45) is -8.00. The van der Waals surface area contributed by atoms with E-state index >= 15 is 0 Å². The molecule has 1 aromatic rings. The van der Waals surface area contributed by atoms with E-state index in [9.17, 15) is 48.3 Å². The molecule has 12 heteroatoms. The van der Waals surface area contributed by atoms with E-state index in [1.807, 2.05) is 0 Å². The molecule has 0 aliphatic carbocycles. The molecule has 0 N–H and O–H groups in total. The zero-order chi connectivity index (χ0) is 24.5. The lowest BCUT2D eigenvalue weighted by atomic mass is 9.82. The lowest BCUT2D eigenvalue weighted by Gasteiger charge is -2.41. The smallest absolute Gasteiger partial charge is 0.374 e. The van der Waals surface area contributed by atoms with Gasteiger partial charge >= 0.3 is 29.9 Å². The highest BCUT2D eigenvalue weighted by atomic mass is 19.4. The highest BCUT2D eigenvalue weighted by molar-refractivity contribution is 5.33. The number of benzene rings is 1. The van der Waals surface area contributed by atoms with Gasteiger partial charge in [-0.1, -0.05) is 37.6 Å². The fraction of sp³-hybridized carbons (Fsp3) is 0.684. The van der Waals surface area contributed by atoms with Crippen molar-refractivity contribution in [2.45, 2.75) is 75.0 Å². The van der Waals surface area contributed by atoms with Gasteiger partial charge in [0.25, 0.3) is 0 Å². The van der Waals surface area contributed by atoms with E-state index in [2.05, 4.69) is 0 Å². The van der Waals surface area contributed by atoms with Gasteiger partial charge in [0.2, 0.25) is 0 Å². The van der Waals surface area contributed by atoms with Crippen LogP contribution in [0.4, 0.5) is 48.3 Å².